The molecular weight excluding hydrogens is 356 g/mol. The summed E-state index contributed by atoms with van der Waals surface area (Å²) in [6.07, 6.45) is 4.99. The van der Waals surface area contributed by atoms with Crippen molar-refractivity contribution in [2.75, 3.05) is 30.8 Å². The maximum Gasteiger partial charge on any atom is 0.223 e. The van der Waals surface area contributed by atoms with E-state index in [1.807, 2.05) is 29.1 Å². The van der Waals surface area contributed by atoms with Crippen LogP contribution in [0, 0.1) is 0 Å². The molecule has 3 aromatic heterocycles. The van der Waals surface area contributed by atoms with Gasteiger partial charge in [-0.3, -0.25) is 4.68 Å². The first-order chi connectivity index (χ1) is 13.7. The van der Waals surface area contributed by atoms with Crippen molar-refractivity contribution in [2.45, 2.75) is 25.8 Å². The van der Waals surface area contributed by atoms with Crippen LogP contribution in [-0.2, 0) is 6.54 Å². The minimum atomic E-state index is 0.241. The lowest BCUT2D eigenvalue weighted by Gasteiger charge is -2.15. The molecule has 9 heteroatoms. The Balaban J connectivity index is 1.52. The maximum atomic E-state index is 6.17. The third-order valence-electron chi connectivity index (χ3n) is 5.39. The zero-order chi connectivity index (χ0) is 19.3. The van der Waals surface area contributed by atoms with Crippen LogP contribution >= 0.6 is 0 Å². The highest BCUT2D eigenvalue weighted by Gasteiger charge is 2.29. The summed E-state index contributed by atoms with van der Waals surface area (Å²) >= 11 is 0. The summed E-state index contributed by atoms with van der Waals surface area (Å²) in [7, 11) is 1.62. The van der Waals surface area contributed by atoms with E-state index < -0.39 is 0 Å². The van der Waals surface area contributed by atoms with E-state index in [-0.39, 0.29) is 5.92 Å². The molecule has 4 aromatic rings. The summed E-state index contributed by atoms with van der Waals surface area (Å²) in [4.78, 5) is 11.7. The maximum absolute atomic E-state index is 6.17. The molecule has 5 rings (SSSR count). The summed E-state index contributed by atoms with van der Waals surface area (Å²) in [5.41, 5.74) is 8.73. The van der Waals surface area contributed by atoms with Gasteiger partial charge in [-0.15, -0.1) is 5.10 Å². The van der Waals surface area contributed by atoms with Gasteiger partial charge < -0.3 is 15.4 Å². The molecule has 1 aliphatic rings. The van der Waals surface area contributed by atoms with Crippen molar-refractivity contribution in [1.29, 1.82) is 0 Å². The first-order valence-electron chi connectivity index (χ1n) is 9.44. The molecule has 1 aliphatic heterocycles. The van der Waals surface area contributed by atoms with Gasteiger partial charge in [0.05, 0.1) is 19.0 Å². The van der Waals surface area contributed by atoms with E-state index in [2.05, 4.69) is 33.2 Å². The standard InChI is InChI=1S/C19H22N8O/c1-3-26-11-13(9-21-26)25-8-7-12(10-25)17-23-18-14-5-4-6-15(28-2)16(14)22-19(20)27(18)24-17/h4-6,9,11-12H,3,7-8,10H2,1-2H3,(H2,20,22). The SMILES string of the molecule is CCn1cc(N2CCC(c3nc4c5cccc(OC)c5nc(N)n4n3)C2)cn1. The van der Waals surface area contributed by atoms with Crippen LogP contribution in [0.4, 0.5) is 11.6 Å². The lowest BCUT2D eigenvalue weighted by Crippen LogP contribution is -2.18. The van der Waals surface area contributed by atoms with E-state index in [1.54, 1.807) is 11.6 Å². The topological polar surface area (TPSA) is 99.4 Å². The number of nitrogens with zero attached hydrogens (tertiary/aromatic N) is 7. The number of fused-ring (bicyclic) bond motifs is 3. The molecular formula is C19H22N8O. The van der Waals surface area contributed by atoms with E-state index in [4.69, 9.17) is 15.5 Å². The number of aryl methyl sites for hydroxylation is 1. The Morgan fingerprint density at radius 1 is 1.29 bits per heavy atom. The van der Waals surface area contributed by atoms with E-state index in [0.29, 0.717) is 22.9 Å². The van der Waals surface area contributed by atoms with Crippen LogP contribution in [0.3, 0.4) is 0 Å². The Morgan fingerprint density at radius 3 is 2.96 bits per heavy atom. The Morgan fingerprint density at radius 2 is 2.18 bits per heavy atom. The number of anilines is 2. The summed E-state index contributed by atoms with van der Waals surface area (Å²) in [6, 6.07) is 5.77. The second kappa shape index (κ2) is 6.36. The van der Waals surface area contributed by atoms with Crippen molar-refractivity contribution >= 4 is 28.2 Å². The quantitative estimate of drug-likeness (QED) is 0.580. The molecule has 0 amide bonds. The normalized spacial score (nSPS) is 17.1. The summed E-state index contributed by atoms with van der Waals surface area (Å²) in [5.74, 6) is 2.03. The minimum absolute atomic E-state index is 0.241. The molecule has 1 unspecified atom stereocenters. The second-order valence-electron chi connectivity index (χ2n) is 7.02. The van der Waals surface area contributed by atoms with Gasteiger partial charge in [0.1, 0.15) is 11.3 Å². The van der Waals surface area contributed by atoms with Crippen molar-refractivity contribution in [3.05, 3.63) is 36.4 Å². The third kappa shape index (κ3) is 2.54. The fourth-order valence-electron chi connectivity index (χ4n) is 3.87. The van der Waals surface area contributed by atoms with Crippen LogP contribution in [0.2, 0.25) is 0 Å². The highest BCUT2D eigenvalue weighted by atomic mass is 16.5. The molecule has 9 nitrogen and oxygen atoms in total. The predicted molar refractivity (Wildman–Crippen MR) is 107 cm³/mol. The molecule has 0 radical (unpaired) electrons. The number of nitrogen functional groups attached to an aromatic ring is 1. The van der Waals surface area contributed by atoms with Gasteiger partial charge in [-0.25, -0.2) is 9.97 Å². The molecule has 1 fully saturated rings. The first-order valence-corrected chi connectivity index (χ1v) is 9.44. The molecule has 2 N–H and O–H groups in total. The summed E-state index contributed by atoms with van der Waals surface area (Å²) < 4.78 is 9.00. The number of aromatic nitrogens is 6. The van der Waals surface area contributed by atoms with Gasteiger partial charge in [-0.2, -0.15) is 9.61 Å². The fraction of sp³-hybridized carbons (Fsp3) is 0.368. The molecule has 0 bridgehead atoms. The lowest BCUT2D eigenvalue weighted by molar-refractivity contribution is 0.419. The lowest BCUT2D eigenvalue weighted by atomic mass is 10.1. The van der Waals surface area contributed by atoms with Crippen LogP contribution in [0.1, 0.15) is 25.1 Å². The van der Waals surface area contributed by atoms with Crippen molar-refractivity contribution < 1.29 is 4.74 Å². The van der Waals surface area contributed by atoms with Crippen molar-refractivity contribution in [2.24, 2.45) is 0 Å². The molecule has 4 heterocycles. The Bertz CT molecular complexity index is 1160. The van der Waals surface area contributed by atoms with E-state index >= 15 is 0 Å². The second-order valence-corrected chi connectivity index (χ2v) is 7.02. The Kier molecular flexibility index (Phi) is 3.81. The number of rotatable bonds is 4. The van der Waals surface area contributed by atoms with Gasteiger partial charge in [-0.1, -0.05) is 6.07 Å². The molecule has 0 spiro atoms. The van der Waals surface area contributed by atoms with Gasteiger partial charge in [0, 0.05) is 37.1 Å². The van der Waals surface area contributed by atoms with Gasteiger partial charge >= 0.3 is 0 Å². The predicted octanol–water partition coefficient (Wildman–Crippen LogP) is 2.08. The molecule has 1 atom stereocenters. The Labute approximate surface area is 161 Å². The van der Waals surface area contributed by atoms with Gasteiger partial charge in [0.25, 0.3) is 0 Å². The van der Waals surface area contributed by atoms with Crippen LogP contribution in [0.25, 0.3) is 16.6 Å². The van der Waals surface area contributed by atoms with Crippen LogP contribution in [0.15, 0.2) is 30.6 Å². The number of para-hydroxylation sites is 1. The fourth-order valence-corrected chi connectivity index (χ4v) is 3.87. The summed E-state index contributed by atoms with van der Waals surface area (Å²) in [6.45, 7) is 4.77. The smallest absolute Gasteiger partial charge is 0.223 e. The molecule has 1 saturated heterocycles. The average Bonchev–Trinajstić information content (AvgIpc) is 3.45. The van der Waals surface area contributed by atoms with E-state index in [1.165, 1.54) is 0 Å². The number of hydrogen-bond donors (Lipinski definition) is 1. The van der Waals surface area contributed by atoms with Gasteiger partial charge in [0.2, 0.25) is 5.95 Å². The number of benzene rings is 1. The number of nitrogens with two attached hydrogens (primary N) is 1. The molecule has 0 saturated carbocycles. The molecule has 0 aliphatic carbocycles. The molecule has 1 aromatic carbocycles. The third-order valence-corrected chi connectivity index (χ3v) is 5.39. The van der Waals surface area contributed by atoms with E-state index in [0.717, 1.165) is 43.0 Å². The molecule has 28 heavy (non-hydrogen) atoms. The van der Waals surface area contributed by atoms with Crippen LogP contribution < -0.4 is 15.4 Å². The number of methoxy groups -OCH3 is 1. The zero-order valence-corrected chi connectivity index (χ0v) is 15.9. The summed E-state index contributed by atoms with van der Waals surface area (Å²) in [5, 5.41) is 9.94. The van der Waals surface area contributed by atoms with Crippen LogP contribution in [0.5, 0.6) is 5.75 Å². The highest BCUT2D eigenvalue weighted by molar-refractivity contribution is 5.95. The highest BCUT2D eigenvalue weighted by Crippen LogP contribution is 2.32. The van der Waals surface area contributed by atoms with Gasteiger partial charge in [0.15, 0.2) is 11.5 Å². The van der Waals surface area contributed by atoms with Crippen molar-refractivity contribution in [3.8, 4) is 5.75 Å². The zero-order valence-electron chi connectivity index (χ0n) is 15.9. The Hall–Kier alpha value is -3.36. The van der Waals surface area contributed by atoms with Crippen molar-refractivity contribution in [1.82, 2.24) is 29.4 Å². The average molecular weight is 378 g/mol. The van der Waals surface area contributed by atoms with Crippen LogP contribution in [-0.4, -0.2) is 49.6 Å². The number of hydrogen-bond acceptors (Lipinski definition) is 7. The number of ether oxygens (including phenoxy) is 1. The monoisotopic (exact) mass is 378 g/mol. The first kappa shape index (κ1) is 16.8. The minimum Gasteiger partial charge on any atom is -0.494 e. The van der Waals surface area contributed by atoms with E-state index in [9.17, 15) is 0 Å². The van der Waals surface area contributed by atoms with Gasteiger partial charge in [-0.05, 0) is 25.5 Å². The van der Waals surface area contributed by atoms with Crippen molar-refractivity contribution in [3.63, 3.8) is 0 Å². The largest absolute Gasteiger partial charge is 0.494 e. The molecule has 144 valence electrons.